The Morgan fingerprint density at radius 2 is 1.52 bits per heavy atom. The topological polar surface area (TPSA) is 111 Å². The molecule has 0 aliphatic heterocycles. The number of allylic oxidation sites excluding steroid dienone is 2. The van der Waals surface area contributed by atoms with Gasteiger partial charge in [-0.15, -0.1) is 0 Å². The molecule has 0 unspecified atom stereocenters. The van der Waals surface area contributed by atoms with Crippen LogP contribution in [-0.4, -0.2) is 21.8 Å². The number of nitrogens with zero attached hydrogens (tertiary/aromatic N) is 1. The molecule has 1 aromatic carbocycles. The second-order valence-corrected chi connectivity index (χ2v) is 6.46. The number of hydrogen-bond donors (Lipinski definition) is 0. The highest BCUT2D eigenvalue weighted by Crippen LogP contribution is 2.19. The third-order valence-electron chi connectivity index (χ3n) is 2.11. The summed E-state index contributed by atoms with van der Waals surface area (Å²) in [5.41, 5.74) is 0.129. The van der Waals surface area contributed by atoms with Crippen molar-refractivity contribution in [2.24, 2.45) is 0 Å². The molecule has 0 radical (unpaired) electrons. The fraction of sp³-hybridized carbons (Fsp3) is 0. The van der Waals surface area contributed by atoms with E-state index < -0.39 is 29.6 Å². The van der Waals surface area contributed by atoms with E-state index >= 15 is 0 Å². The molecule has 0 amide bonds. The van der Waals surface area contributed by atoms with Crippen LogP contribution in [0.2, 0.25) is 0 Å². The smallest absolute Gasteiger partial charge is 0.258 e. The maximum Gasteiger partial charge on any atom is 0.345 e. The van der Waals surface area contributed by atoms with Crippen molar-refractivity contribution in [2.45, 2.75) is 0 Å². The van der Waals surface area contributed by atoms with E-state index in [4.69, 9.17) is 0 Å². The van der Waals surface area contributed by atoms with Gasteiger partial charge in [-0.1, -0.05) is 19.9 Å². The number of hydrogen-bond acceptors (Lipinski definition) is 6. The Kier molecular flexibility index (Phi) is 4.91. The van der Waals surface area contributed by atoms with Gasteiger partial charge in [-0.2, -0.15) is 16.8 Å². The molecule has 21 heavy (non-hydrogen) atoms. The predicted octanol–water partition coefficient (Wildman–Crippen LogP) is 2.05. The fourth-order valence-corrected chi connectivity index (χ4v) is 2.66. The quantitative estimate of drug-likeness (QED) is 0.351. The van der Waals surface area contributed by atoms with E-state index in [2.05, 4.69) is 0 Å². The van der Waals surface area contributed by atoms with Gasteiger partial charge in [0.25, 0.3) is 5.69 Å². The molecule has 0 aromatic heterocycles. The monoisotopic (exact) mass is 339 g/mol. The Morgan fingerprint density at radius 1 is 1.05 bits per heavy atom. The number of rotatable bonds is 5. The molecule has 0 aliphatic carbocycles. The summed E-state index contributed by atoms with van der Waals surface area (Å²) in [7, 11) is -11.5. The van der Waals surface area contributed by atoms with Gasteiger partial charge in [0, 0.05) is 12.1 Å². The third-order valence-corrected chi connectivity index (χ3v) is 4.53. The second kappa shape index (κ2) is 6.10. The molecule has 0 heterocycles. The van der Waals surface area contributed by atoms with Gasteiger partial charge in [-0.25, -0.2) is 0 Å². The van der Waals surface area contributed by atoms with Crippen molar-refractivity contribution in [1.29, 1.82) is 0 Å². The van der Waals surface area contributed by atoms with Crippen LogP contribution in [0.4, 0.5) is 13.5 Å². The zero-order chi connectivity index (χ0) is 16.3. The second-order valence-electron chi connectivity index (χ2n) is 3.57. The van der Waals surface area contributed by atoms with E-state index in [-0.39, 0.29) is 11.8 Å². The Bertz CT molecular complexity index is 776. The molecule has 0 aliphatic rings. The van der Waals surface area contributed by atoms with Gasteiger partial charge in [0.1, 0.15) is 0 Å². The van der Waals surface area contributed by atoms with Gasteiger partial charge < -0.3 is 0 Å². The summed E-state index contributed by atoms with van der Waals surface area (Å²) in [5.74, 6) is 0. The van der Waals surface area contributed by atoms with E-state index in [0.29, 0.717) is 5.56 Å². The number of benzene rings is 1. The van der Waals surface area contributed by atoms with Crippen LogP contribution in [0.25, 0.3) is 6.08 Å². The number of non-ortho nitro benzene ring substituents is 1. The van der Waals surface area contributed by atoms with Crippen LogP contribution < -0.4 is 0 Å². The summed E-state index contributed by atoms with van der Waals surface area (Å²) in [4.78, 5) is 9.76. The van der Waals surface area contributed by atoms with Crippen molar-refractivity contribution < 1.29 is 29.5 Å². The first-order chi connectivity index (χ1) is 9.51. The van der Waals surface area contributed by atoms with Gasteiger partial charge in [0.15, 0.2) is 0 Å². The number of halogens is 2. The number of nitro groups is 1. The lowest BCUT2D eigenvalue weighted by molar-refractivity contribution is -0.384. The van der Waals surface area contributed by atoms with Crippen LogP contribution in [0.1, 0.15) is 5.56 Å². The first-order valence-electron chi connectivity index (χ1n) is 5.04. The van der Waals surface area contributed by atoms with Crippen LogP contribution in [0.3, 0.4) is 0 Å². The summed E-state index contributed by atoms with van der Waals surface area (Å²) in [6, 6.07) is 4.83. The van der Waals surface area contributed by atoms with Crippen LogP contribution in [0.15, 0.2) is 40.7 Å². The molecule has 0 saturated carbocycles. The van der Waals surface area contributed by atoms with Gasteiger partial charge in [0.2, 0.25) is 4.24 Å². The molecule has 11 heteroatoms. The lowest BCUT2D eigenvalue weighted by atomic mass is 10.2. The normalized spacial score (nSPS) is 12.3. The van der Waals surface area contributed by atoms with E-state index in [0.717, 1.165) is 24.3 Å². The van der Waals surface area contributed by atoms with Crippen LogP contribution in [-0.2, 0) is 20.4 Å². The van der Waals surface area contributed by atoms with Crippen molar-refractivity contribution >= 4 is 32.2 Å². The Morgan fingerprint density at radius 3 is 1.90 bits per heavy atom. The molecule has 0 bridgehead atoms. The molecule has 0 N–H and O–H groups in total. The SMILES string of the molecule is O=[N+]([O-])c1ccc(/C=C/C=C(S(=O)(=O)F)S(=O)(=O)F)cc1. The van der Waals surface area contributed by atoms with Crippen molar-refractivity contribution in [1.82, 2.24) is 0 Å². The molecule has 0 spiro atoms. The lowest BCUT2D eigenvalue weighted by Gasteiger charge is -1.95. The molecule has 0 atom stereocenters. The molecular weight excluding hydrogens is 332 g/mol. The molecule has 7 nitrogen and oxygen atoms in total. The lowest BCUT2D eigenvalue weighted by Crippen LogP contribution is -2.04. The zero-order valence-corrected chi connectivity index (χ0v) is 11.6. The standard InChI is InChI=1S/C10H7F2NO6S2/c11-20(16,17)10(21(12,18)19)3-1-2-8-4-6-9(7-5-8)13(14)15/h1-7H/b2-1+. The van der Waals surface area contributed by atoms with Crippen molar-refractivity contribution in [3.63, 3.8) is 0 Å². The minimum atomic E-state index is -5.74. The van der Waals surface area contributed by atoms with E-state index in [1.165, 1.54) is 12.1 Å². The summed E-state index contributed by atoms with van der Waals surface area (Å²) < 4.78 is 65.1. The Labute approximate surface area is 118 Å². The maximum absolute atomic E-state index is 12.6. The first kappa shape index (κ1) is 16.9. The average Bonchev–Trinajstić information content (AvgIpc) is 2.32. The molecule has 114 valence electrons. The Balaban J connectivity index is 3.09. The molecule has 1 rings (SSSR count). The highest BCUT2D eigenvalue weighted by molar-refractivity contribution is 8.09. The van der Waals surface area contributed by atoms with E-state index in [1.807, 2.05) is 0 Å². The van der Waals surface area contributed by atoms with Gasteiger partial charge in [-0.05, 0) is 23.8 Å². The van der Waals surface area contributed by atoms with Crippen LogP contribution in [0.5, 0.6) is 0 Å². The number of nitro benzene ring substituents is 1. The van der Waals surface area contributed by atoms with Crippen molar-refractivity contribution in [2.75, 3.05) is 0 Å². The zero-order valence-electron chi connectivity index (χ0n) is 10.0. The molecular formula is C10H7F2NO6S2. The van der Waals surface area contributed by atoms with E-state index in [9.17, 15) is 34.7 Å². The van der Waals surface area contributed by atoms with Crippen molar-refractivity contribution in [3.8, 4) is 0 Å². The minimum absolute atomic E-state index is 0.193. The molecule has 0 saturated heterocycles. The summed E-state index contributed by atoms with van der Waals surface area (Å²) in [6.45, 7) is 0. The average molecular weight is 339 g/mol. The van der Waals surface area contributed by atoms with Crippen LogP contribution in [0, 0.1) is 10.1 Å². The van der Waals surface area contributed by atoms with Crippen LogP contribution >= 0.6 is 0 Å². The predicted molar refractivity (Wildman–Crippen MR) is 70.3 cm³/mol. The Hall–Kier alpha value is -2.14. The fourth-order valence-electron chi connectivity index (χ4n) is 1.23. The van der Waals surface area contributed by atoms with Gasteiger partial charge in [0.05, 0.1) is 4.92 Å². The highest BCUT2D eigenvalue weighted by atomic mass is 32.3. The summed E-state index contributed by atoms with van der Waals surface area (Å²) in [6.07, 6.45) is 2.12. The largest absolute Gasteiger partial charge is 0.345 e. The van der Waals surface area contributed by atoms with Crippen molar-refractivity contribution in [3.05, 3.63) is 56.3 Å². The minimum Gasteiger partial charge on any atom is -0.258 e. The molecule has 0 fully saturated rings. The van der Waals surface area contributed by atoms with Gasteiger partial charge in [-0.3, -0.25) is 10.1 Å². The maximum atomic E-state index is 12.6. The van der Waals surface area contributed by atoms with E-state index in [1.54, 1.807) is 0 Å². The highest BCUT2D eigenvalue weighted by Gasteiger charge is 2.29. The van der Waals surface area contributed by atoms with Gasteiger partial charge >= 0.3 is 20.4 Å². The molecule has 1 aromatic rings. The third kappa shape index (κ3) is 5.04. The first-order valence-corrected chi connectivity index (χ1v) is 7.80. The summed E-state index contributed by atoms with van der Waals surface area (Å²) >= 11 is 0. The summed E-state index contributed by atoms with van der Waals surface area (Å²) in [5, 5.41) is 10.4.